The fourth-order valence-corrected chi connectivity index (χ4v) is 3.06. The van der Waals surface area contributed by atoms with Gasteiger partial charge in [0.1, 0.15) is 0 Å². The minimum absolute atomic E-state index is 0.0593. The molecular weight excluding hydrogens is 266 g/mol. The molecule has 0 bridgehead atoms. The van der Waals surface area contributed by atoms with Gasteiger partial charge in [0.15, 0.2) is 0 Å². The van der Waals surface area contributed by atoms with Crippen LogP contribution >= 0.6 is 0 Å². The number of carbonyl (C=O) groups excluding carboxylic acids is 2. The van der Waals surface area contributed by atoms with Crippen LogP contribution in [0.15, 0.2) is 0 Å². The molecule has 0 aromatic carbocycles. The minimum atomic E-state index is 0.0593. The smallest absolute Gasteiger partial charge is 0.317 e. The molecule has 5 heteroatoms. The van der Waals surface area contributed by atoms with Crippen molar-refractivity contribution < 1.29 is 9.59 Å². The summed E-state index contributed by atoms with van der Waals surface area (Å²) in [6.45, 7) is 6.31. The predicted octanol–water partition coefficient (Wildman–Crippen LogP) is 2.22. The Kier molecular flexibility index (Phi) is 6.33. The van der Waals surface area contributed by atoms with E-state index in [-0.39, 0.29) is 11.9 Å². The van der Waals surface area contributed by atoms with Gasteiger partial charge in [-0.25, -0.2) is 4.79 Å². The summed E-state index contributed by atoms with van der Waals surface area (Å²) in [6.07, 6.45) is 7.06. The number of hydrogen-bond donors (Lipinski definition) is 1. The topological polar surface area (TPSA) is 52.7 Å². The van der Waals surface area contributed by atoms with E-state index >= 15 is 0 Å². The van der Waals surface area contributed by atoms with Gasteiger partial charge >= 0.3 is 6.03 Å². The van der Waals surface area contributed by atoms with Gasteiger partial charge < -0.3 is 15.1 Å². The van der Waals surface area contributed by atoms with Gasteiger partial charge in [-0.2, -0.15) is 0 Å². The van der Waals surface area contributed by atoms with E-state index in [1.54, 1.807) is 0 Å². The number of hydrogen-bond acceptors (Lipinski definition) is 2. The number of urea groups is 1. The Morgan fingerprint density at radius 3 is 2.71 bits per heavy atom. The van der Waals surface area contributed by atoms with E-state index in [9.17, 15) is 9.59 Å². The molecule has 5 nitrogen and oxygen atoms in total. The van der Waals surface area contributed by atoms with Crippen LogP contribution < -0.4 is 5.32 Å². The maximum absolute atomic E-state index is 12.0. The van der Waals surface area contributed by atoms with Gasteiger partial charge in [-0.3, -0.25) is 4.79 Å². The standard InChI is InChI=1S/C16H29N3O2/c1-14-7-12-19(13-8-14)16(21)17-9-5-11-18-10-4-2-3-6-15(18)20/h14H,2-13H2,1H3,(H,17,21). The van der Waals surface area contributed by atoms with Crippen molar-refractivity contribution in [2.75, 3.05) is 32.7 Å². The van der Waals surface area contributed by atoms with Gasteiger partial charge in [0.05, 0.1) is 0 Å². The van der Waals surface area contributed by atoms with E-state index in [1.165, 1.54) is 0 Å². The Labute approximate surface area is 128 Å². The summed E-state index contributed by atoms with van der Waals surface area (Å²) < 4.78 is 0. The molecule has 0 aliphatic carbocycles. The summed E-state index contributed by atoms with van der Waals surface area (Å²) >= 11 is 0. The summed E-state index contributed by atoms with van der Waals surface area (Å²) in [7, 11) is 0. The largest absolute Gasteiger partial charge is 0.343 e. The quantitative estimate of drug-likeness (QED) is 0.809. The summed E-state index contributed by atoms with van der Waals surface area (Å²) in [5.41, 5.74) is 0. The van der Waals surface area contributed by atoms with Crippen LogP contribution in [0.5, 0.6) is 0 Å². The van der Waals surface area contributed by atoms with Crippen molar-refractivity contribution in [1.29, 1.82) is 0 Å². The fourth-order valence-electron chi connectivity index (χ4n) is 3.06. The molecule has 21 heavy (non-hydrogen) atoms. The molecule has 2 aliphatic heterocycles. The number of carbonyl (C=O) groups is 2. The number of piperidine rings is 1. The lowest BCUT2D eigenvalue weighted by molar-refractivity contribution is -0.130. The summed E-state index contributed by atoms with van der Waals surface area (Å²) in [4.78, 5) is 27.7. The van der Waals surface area contributed by atoms with Crippen molar-refractivity contribution in [3.8, 4) is 0 Å². The van der Waals surface area contributed by atoms with Crippen LogP contribution in [0.3, 0.4) is 0 Å². The Hall–Kier alpha value is -1.26. The van der Waals surface area contributed by atoms with Gasteiger partial charge in [0.2, 0.25) is 5.91 Å². The lowest BCUT2D eigenvalue weighted by Gasteiger charge is -2.30. The van der Waals surface area contributed by atoms with Crippen LogP contribution in [0, 0.1) is 5.92 Å². The van der Waals surface area contributed by atoms with Crippen molar-refractivity contribution in [1.82, 2.24) is 15.1 Å². The van der Waals surface area contributed by atoms with Gasteiger partial charge in [-0.15, -0.1) is 0 Å². The van der Waals surface area contributed by atoms with Crippen molar-refractivity contribution in [2.45, 2.75) is 51.9 Å². The average molecular weight is 295 g/mol. The highest BCUT2D eigenvalue weighted by Gasteiger charge is 2.20. The zero-order chi connectivity index (χ0) is 15.1. The van der Waals surface area contributed by atoms with E-state index in [0.717, 1.165) is 70.6 Å². The Bertz CT molecular complexity index is 351. The molecule has 120 valence electrons. The number of amides is 3. The summed E-state index contributed by atoms with van der Waals surface area (Å²) in [5.74, 6) is 1.02. The highest BCUT2D eigenvalue weighted by molar-refractivity contribution is 5.76. The van der Waals surface area contributed by atoms with Crippen LogP contribution in [0.2, 0.25) is 0 Å². The second-order valence-corrected chi connectivity index (χ2v) is 6.45. The average Bonchev–Trinajstić information content (AvgIpc) is 2.69. The van der Waals surface area contributed by atoms with E-state index < -0.39 is 0 Å². The third-order valence-corrected chi connectivity index (χ3v) is 4.62. The number of nitrogens with zero attached hydrogens (tertiary/aromatic N) is 2. The Morgan fingerprint density at radius 1 is 1.19 bits per heavy atom. The monoisotopic (exact) mass is 295 g/mol. The van der Waals surface area contributed by atoms with Gasteiger partial charge in [-0.1, -0.05) is 13.3 Å². The molecule has 2 rings (SSSR count). The fraction of sp³-hybridized carbons (Fsp3) is 0.875. The van der Waals surface area contributed by atoms with E-state index in [1.807, 2.05) is 9.80 Å². The normalized spacial score (nSPS) is 21.3. The van der Waals surface area contributed by atoms with E-state index in [0.29, 0.717) is 13.0 Å². The Morgan fingerprint density at radius 2 is 1.95 bits per heavy atom. The molecule has 0 atom stereocenters. The molecule has 0 aromatic heterocycles. The SMILES string of the molecule is CC1CCN(C(=O)NCCCN2CCCCCC2=O)CC1. The van der Waals surface area contributed by atoms with Crippen LogP contribution in [-0.2, 0) is 4.79 Å². The molecule has 1 N–H and O–H groups in total. The third kappa shape index (κ3) is 5.21. The molecule has 0 radical (unpaired) electrons. The van der Waals surface area contributed by atoms with E-state index in [2.05, 4.69) is 12.2 Å². The lowest BCUT2D eigenvalue weighted by Crippen LogP contribution is -2.44. The molecule has 2 saturated heterocycles. The second-order valence-electron chi connectivity index (χ2n) is 6.45. The number of rotatable bonds is 4. The first-order valence-corrected chi connectivity index (χ1v) is 8.47. The van der Waals surface area contributed by atoms with Gasteiger partial charge in [0.25, 0.3) is 0 Å². The molecule has 2 aliphatic rings. The predicted molar refractivity (Wildman–Crippen MR) is 83.0 cm³/mol. The van der Waals surface area contributed by atoms with Crippen LogP contribution in [0.4, 0.5) is 4.79 Å². The molecule has 0 aromatic rings. The van der Waals surface area contributed by atoms with Crippen LogP contribution in [0.25, 0.3) is 0 Å². The van der Waals surface area contributed by atoms with Crippen molar-refractivity contribution in [2.24, 2.45) is 5.92 Å². The zero-order valence-electron chi connectivity index (χ0n) is 13.3. The highest BCUT2D eigenvalue weighted by Crippen LogP contribution is 2.15. The first-order valence-electron chi connectivity index (χ1n) is 8.47. The minimum Gasteiger partial charge on any atom is -0.343 e. The molecule has 0 spiro atoms. The molecule has 0 unspecified atom stereocenters. The zero-order valence-corrected chi connectivity index (χ0v) is 13.3. The second kappa shape index (κ2) is 8.25. The maximum Gasteiger partial charge on any atom is 0.317 e. The molecule has 2 fully saturated rings. The van der Waals surface area contributed by atoms with Gasteiger partial charge in [-0.05, 0) is 38.0 Å². The first kappa shape index (κ1) is 16.1. The van der Waals surface area contributed by atoms with E-state index in [4.69, 9.17) is 0 Å². The molecule has 0 saturated carbocycles. The molecule has 3 amide bonds. The summed E-state index contributed by atoms with van der Waals surface area (Å²) in [6, 6.07) is 0.0593. The Balaban J connectivity index is 1.60. The molecular formula is C16H29N3O2. The molecule has 2 heterocycles. The van der Waals surface area contributed by atoms with Crippen molar-refractivity contribution in [3.63, 3.8) is 0 Å². The highest BCUT2D eigenvalue weighted by atomic mass is 16.2. The lowest BCUT2D eigenvalue weighted by atomic mass is 10.00. The van der Waals surface area contributed by atoms with Crippen molar-refractivity contribution in [3.05, 3.63) is 0 Å². The summed E-state index contributed by atoms with van der Waals surface area (Å²) in [5, 5.41) is 2.99. The maximum atomic E-state index is 12.0. The van der Waals surface area contributed by atoms with Crippen LogP contribution in [0.1, 0.15) is 51.9 Å². The first-order chi connectivity index (χ1) is 10.2. The van der Waals surface area contributed by atoms with Crippen LogP contribution in [-0.4, -0.2) is 54.5 Å². The van der Waals surface area contributed by atoms with Crippen molar-refractivity contribution >= 4 is 11.9 Å². The number of likely N-dealkylation sites (tertiary alicyclic amines) is 2. The van der Waals surface area contributed by atoms with Gasteiger partial charge in [0, 0.05) is 39.1 Å². The third-order valence-electron chi connectivity index (χ3n) is 4.62. The number of nitrogens with one attached hydrogen (secondary N) is 1.